The number of nitrogens with zero attached hydrogens (tertiary/aromatic N) is 1. The summed E-state index contributed by atoms with van der Waals surface area (Å²) in [4.78, 5) is 13.3. The topological polar surface area (TPSA) is 40.5 Å². The van der Waals surface area contributed by atoms with Crippen LogP contribution in [0.25, 0.3) is 0 Å². The van der Waals surface area contributed by atoms with E-state index in [0.29, 0.717) is 12.1 Å². The fourth-order valence-corrected chi connectivity index (χ4v) is 2.97. The molecule has 0 saturated carbocycles. The van der Waals surface area contributed by atoms with Crippen LogP contribution in [0.1, 0.15) is 39.5 Å². The van der Waals surface area contributed by atoms with Gasteiger partial charge in [0.1, 0.15) is 0 Å². The first kappa shape index (κ1) is 9.00. The molecule has 2 unspecified atom stereocenters. The van der Waals surface area contributed by atoms with Gasteiger partial charge >= 0.3 is 0 Å². The molecule has 2 aliphatic heterocycles. The molecular formula is C10H17NO2. The highest BCUT2D eigenvalue weighted by molar-refractivity contribution is 5.74. The van der Waals surface area contributed by atoms with Crippen LogP contribution in [0.2, 0.25) is 0 Å². The summed E-state index contributed by atoms with van der Waals surface area (Å²) in [5.74, 6) is 0.169. The van der Waals surface area contributed by atoms with E-state index < -0.39 is 5.60 Å². The molecule has 2 bridgehead atoms. The summed E-state index contributed by atoms with van der Waals surface area (Å²) in [5.41, 5.74) is -0.544. The summed E-state index contributed by atoms with van der Waals surface area (Å²) in [5, 5.41) is 9.92. The molecule has 2 fully saturated rings. The van der Waals surface area contributed by atoms with Crippen LogP contribution in [0.3, 0.4) is 0 Å². The summed E-state index contributed by atoms with van der Waals surface area (Å²) < 4.78 is 0. The number of rotatable bonds is 0. The Labute approximate surface area is 78.7 Å². The van der Waals surface area contributed by atoms with Crippen LogP contribution in [0.15, 0.2) is 0 Å². The van der Waals surface area contributed by atoms with Gasteiger partial charge in [-0.1, -0.05) is 0 Å². The van der Waals surface area contributed by atoms with E-state index in [0.717, 1.165) is 25.7 Å². The van der Waals surface area contributed by atoms with Gasteiger partial charge in [-0.3, -0.25) is 4.79 Å². The minimum Gasteiger partial charge on any atom is -0.390 e. The predicted octanol–water partition coefficient (Wildman–Crippen LogP) is 0.911. The van der Waals surface area contributed by atoms with Crippen LogP contribution in [-0.2, 0) is 4.79 Å². The fourth-order valence-electron chi connectivity index (χ4n) is 2.97. The molecule has 2 rings (SSSR count). The average Bonchev–Trinajstić information content (AvgIpc) is 2.23. The summed E-state index contributed by atoms with van der Waals surface area (Å²) in [7, 11) is 0. The van der Waals surface area contributed by atoms with Crippen molar-refractivity contribution in [2.45, 2.75) is 57.2 Å². The highest BCUT2D eigenvalue weighted by atomic mass is 16.3. The zero-order chi connectivity index (χ0) is 9.64. The van der Waals surface area contributed by atoms with Crippen LogP contribution >= 0.6 is 0 Å². The quantitative estimate of drug-likeness (QED) is 0.606. The number of carbonyl (C=O) groups excluding carboxylic acids is 1. The maximum atomic E-state index is 11.3. The van der Waals surface area contributed by atoms with Crippen molar-refractivity contribution >= 4 is 5.91 Å². The SMILES string of the molecule is CC(=O)N1C2CCC1CC(C)(O)C2. The number of piperidine rings is 1. The third-order valence-corrected chi connectivity index (χ3v) is 3.33. The maximum Gasteiger partial charge on any atom is 0.219 e. The zero-order valence-corrected chi connectivity index (χ0v) is 8.29. The Balaban J connectivity index is 2.18. The Morgan fingerprint density at radius 2 is 1.85 bits per heavy atom. The van der Waals surface area contributed by atoms with Gasteiger partial charge in [0, 0.05) is 19.0 Å². The zero-order valence-electron chi connectivity index (χ0n) is 8.29. The van der Waals surface area contributed by atoms with Gasteiger partial charge in [-0.2, -0.15) is 0 Å². The van der Waals surface area contributed by atoms with Gasteiger partial charge in [0.15, 0.2) is 0 Å². The smallest absolute Gasteiger partial charge is 0.219 e. The Hall–Kier alpha value is -0.570. The molecule has 2 saturated heterocycles. The Morgan fingerprint density at radius 1 is 1.38 bits per heavy atom. The van der Waals surface area contributed by atoms with E-state index in [4.69, 9.17) is 0 Å². The second-order valence-corrected chi connectivity index (χ2v) is 4.72. The van der Waals surface area contributed by atoms with Crippen LogP contribution in [0.4, 0.5) is 0 Å². The molecule has 13 heavy (non-hydrogen) atoms. The number of fused-ring (bicyclic) bond motifs is 2. The standard InChI is InChI=1S/C10H17NO2/c1-7(12)11-8-3-4-9(11)6-10(2,13)5-8/h8-9,13H,3-6H2,1-2H3. The van der Waals surface area contributed by atoms with Crippen LogP contribution in [-0.4, -0.2) is 33.6 Å². The van der Waals surface area contributed by atoms with Crippen LogP contribution in [0.5, 0.6) is 0 Å². The van der Waals surface area contributed by atoms with E-state index in [1.165, 1.54) is 0 Å². The van der Waals surface area contributed by atoms with Crippen molar-refractivity contribution in [3.8, 4) is 0 Å². The normalized spacial score (nSPS) is 43.8. The minimum absolute atomic E-state index is 0.169. The molecule has 3 nitrogen and oxygen atoms in total. The van der Waals surface area contributed by atoms with Crippen molar-refractivity contribution in [2.75, 3.05) is 0 Å². The number of hydrogen-bond donors (Lipinski definition) is 1. The number of aliphatic hydroxyl groups is 1. The summed E-state index contributed by atoms with van der Waals surface area (Å²) >= 11 is 0. The summed E-state index contributed by atoms with van der Waals surface area (Å²) in [6.07, 6.45) is 3.65. The third-order valence-electron chi connectivity index (χ3n) is 3.33. The van der Waals surface area contributed by atoms with Gasteiger partial charge in [0.2, 0.25) is 5.91 Å². The van der Waals surface area contributed by atoms with Gasteiger partial charge in [-0.25, -0.2) is 0 Å². The van der Waals surface area contributed by atoms with E-state index in [1.807, 2.05) is 11.8 Å². The lowest BCUT2D eigenvalue weighted by atomic mass is 9.88. The van der Waals surface area contributed by atoms with Crippen molar-refractivity contribution in [1.82, 2.24) is 4.90 Å². The van der Waals surface area contributed by atoms with Crippen molar-refractivity contribution in [3.05, 3.63) is 0 Å². The molecule has 0 aromatic heterocycles. The molecule has 3 heteroatoms. The van der Waals surface area contributed by atoms with Crippen molar-refractivity contribution in [1.29, 1.82) is 0 Å². The lowest BCUT2D eigenvalue weighted by Gasteiger charge is -2.41. The predicted molar refractivity (Wildman–Crippen MR) is 49.2 cm³/mol. The van der Waals surface area contributed by atoms with Gasteiger partial charge in [0.25, 0.3) is 0 Å². The molecule has 0 aromatic carbocycles. The van der Waals surface area contributed by atoms with E-state index in [2.05, 4.69) is 0 Å². The lowest BCUT2D eigenvalue weighted by Crippen LogP contribution is -2.51. The Kier molecular flexibility index (Phi) is 1.88. The first-order valence-electron chi connectivity index (χ1n) is 5.01. The highest BCUT2D eigenvalue weighted by Crippen LogP contribution is 2.40. The molecule has 2 aliphatic rings. The summed E-state index contributed by atoms with van der Waals surface area (Å²) in [6, 6.07) is 0.595. The second-order valence-electron chi connectivity index (χ2n) is 4.72. The summed E-state index contributed by atoms with van der Waals surface area (Å²) in [6.45, 7) is 3.52. The van der Waals surface area contributed by atoms with Crippen LogP contribution < -0.4 is 0 Å². The van der Waals surface area contributed by atoms with Gasteiger partial charge in [-0.15, -0.1) is 0 Å². The molecule has 2 heterocycles. The van der Waals surface area contributed by atoms with E-state index in [-0.39, 0.29) is 5.91 Å². The van der Waals surface area contributed by atoms with E-state index >= 15 is 0 Å². The van der Waals surface area contributed by atoms with E-state index in [1.54, 1.807) is 6.92 Å². The molecule has 0 radical (unpaired) electrons. The Morgan fingerprint density at radius 3 is 2.23 bits per heavy atom. The fraction of sp³-hybridized carbons (Fsp3) is 0.900. The van der Waals surface area contributed by atoms with Gasteiger partial charge in [-0.05, 0) is 32.6 Å². The minimum atomic E-state index is -0.544. The molecule has 2 atom stereocenters. The van der Waals surface area contributed by atoms with E-state index in [9.17, 15) is 9.90 Å². The molecule has 0 aliphatic carbocycles. The molecule has 1 amide bonds. The van der Waals surface area contributed by atoms with Crippen molar-refractivity contribution in [3.63, 3.8) is 0 Å². The number of carbonyl (C=O) groups is 1. The number of hydrogen-bond acceptors (Lipinski definition) is 2. The largest absolute Gasteiger partial charge is 0.390 e. The monoisotopic (exact) mass is 183 g/mol. The first-order chi connectivity index (χ1) is 5.99. The molecule has 1 N–H and O–H groups in total. The Bertz CT molecular complexity index is 221. The van der Waals surface area contributed by atoms with Gasteiger partial charge < -0.3 is 10.0 Å². The third kappa shape index (κ3) is 1.46. The molecule has 0 aromatic rings. The molecular weight excluding hydrogens is 166 g/mol. The maximum absolute atomic E-state index is 11.3. The lowest BCUT2D eigenvalue weighted by molar-refractivity contribution is -0.137. The number of amides is 1. The van der Waals surface area contributed by atoms with Gasteiger partial charge in [0.05, 0.1) is 5.60 Å². The van der Waals surface area contributed by atoms with Crippen molar-refractivity contribution in [2.24, 2.45) is 0 Å². The highest BCUT2D eigenvalue weighted by Gasteiger charge is 2.46. The van der Waals surface area contributed by atoms with Crippen molar-refractivity contribution < 1.29 is 9.90 Å². The molecule has 74 valence electrons. The first-order valence-corrected chi connectivity index (χ1v) is 5.01. The molecule has 0 spiro atoms. The second kappa shape index (κ2) is 2.71. The van der Waals surface area contributed by atoms with Crippen LogP contribution in [0, 0.1) is 0 Å². The average molecular weight is 183 g/mol.